The van der Waals surface area contributed by atoms with Gasteiger partial charge in [0.05, 0.1) is 178 Å². The fraction of sp³-hybridized carbons (Fsp3) is 0.970. The molecule has 340 valence electrons. The molecule has 0 bridgehead atoms. The van der Waals surface area contributed by atoms with Gasteiger partial charge in [0.25, 0.3) is 0 Å². The van der Waals surface area contributed by atoms with Crippen LogP contribution >= 0.6 is 7.82 Å². The number of aliphatic carboxylic acids is 1. The molecule has 1 heterocycles. The molecule has 5 atom stereocenters. The van der Waals surface area contributed by atoms with Gasteiger partial charge in [-0.2, -0.15) is 0 Å². The zero-order valence-corrected chi connectivity index (χ0v) is 33.4. The Morgan fingerprint density at radius 3 is 1.00 bits per heavy atom. The van der Waals surface area contributed by atoms with E-state index in [2.05, 4.69) is 4.52 Å². The van der Waals surface area contributed by atoms with Crippen molar-refractivity contribution >= 4 is 13.8 Å². The van der Waals surface area contributed by atoms with Gasteiger partial charge < -0.3 is 96.5 Å². The van der Waals surface area contributed by atoms with Crippen molar-refractivity contribution < 1.29 is 110 Å². The van der Waals surface area contributed by atoms with Gasteiger partial charge in [-0.1, -0.05) is 0 Å². The van der Waals surface area contributed by atoms with Crippen molar-refractivity contribution in [2.24, 2.45) is 0 Å². The van der Waals surface area contributed by atoms with Crippen molar-refractivity contribution in [1.29, 1.82) is 0 Å². The Kier molecular flexibility index (Phi) is 35.8. The number of carbonyl (C=O) groups is 1. The molecule has 0 amide bonds. The van der Waals surface area contributed by atoms with Gasteiger partial charge in [0.1, 0.15) is 24.4 Å². The third-order valence-corrected chi connectivity index (χ3v) is 7.62. The second-order valence-corrected chi connectivity index (χ2v) is 12.9. The first-order valence-electron chi connectivity index (χ1n) is 18.8. The standard InChI is InChI=1S/C33H65O23P/c34-29(35)1-2-42-3-4-43-5-6-44-7-8-45-9-10-46-11-12-47-13-14-48-15-16-49-17-18-50-19-20-51-21-22-52-23-24-53-25-26-54-33-32(38)31(37)30(36)28(56-33)27-55-57(39,40)41/h28,30-33,36-38H,1-27H2,(H,34,35)(H2,39,40,41)/t28-,30-,31+,32+,33+/m1/s1. The Bertz CT molecular complexity index is 950. The Morgan fingerprint density at radius 2 is 0.719 bits per heavy atom. The molecule has 0 aromatic rings. The fourth-order valence-corrected chi connectivity index (χ4v) is 4.61. The Morgan fingerprint density at radius 1 is 0.439 bits per heavy atom. The molecule has 1 rings (SSSR count). The van der Waals surface area contributed by atoms with Gasteiger partial charge in [0, 0.05) is 0 Å². The van der Waals surface area contributed by atoms with Crippen molar-refractivity contribution in [2.45, 2.75) is 37.1 Å². The van der Waals surface area contributed by atoms with Crippen molar-refractivity contribution in [3.63, 3.8) is 0 Å². The minimum absolute atomic E-state index is 0.0174. The second-order valence-electron chi connectivity index (χ2n) is 11.7. The number of phosphoric acid groups is 1. The average Bonchev–Trinajstić information content (AvgIpc) is 3.17. The lowest BCUT2D eigenvalue weighted by atomic mass is 9.99. The molecule has 1 saturated heterocycles. The summed E-state index contributed by atoms with van der Waals surface area (Å²) in [5, 5.41) is 38.4. The van der Waals surface area contributed by atoms with Crippen LogP contribution in [-0.4, -0.2) is 239 Å². The van der Waals surface area contributed by atoms with E-state index >= 15 is 0 Å². The lowest BCUT2D eigenvalue weighted by molar-refractivity contribution is -0.301. The van der Waals surface area contributed by atoms with E-state index in [-0.39, 0.29) is 32.8 Å². The summed E-state index contributed by atoms with van der Waals surface area (Å²) in [4.78, 5) is 28.0. The van der Waals surface area contributed by atoms with E-state index in [4.69, 9.17) is 81.2 Å². The van der Waals surface area contributed by atoms with E-state index < -0.39 is 51.1 Å². The summed E-state index contributed by atoms with van der Waals surface area (Å²) in [6.07, 6.45) is -7.61. The zero-order chi connectivity index (χ0) is 41.7. The molecule has 0 spiro atoms. The molecule has 24 heteroatoms. The SMILES string of the molecule is O=C(O)CCOCCOCCOCCOCCOCCOCCOCCOCCOCCOCCOCCOCCO[C@H]1O[C@H](COP(=O)(O)O)[C@@H](O)[C@H](O)[C@@H]1O. The molecule has 0 radical (unpaired) electrons. The van der Waals surface area contributed by atoms with Crippen LogP contribution in [0, 0.1) is 0 Å². The van der Waals surface area contributed by atoms with Gasteiger partial charge in [-0.05, 0) is 0 Å². The van der Waals surface area contributed by atoms with E-state index in [1.807, 2.05) is 0 Å². The van der Waals surface area contributed by atoms with E-state index in [9.17, 15) is 24.7 Å². The Balaban J connectivity index is 1.72. The molecular weight excluding hydrogens is 795 g/mol. The Hall–Kier alpha value is -1.10. The molecule has 1 fully saturated rings. The first kappa shape index (κ1) is 53.9. The van der Waals surface area contributed by atoms with E-state index in [0.29, 0.717) is 139 Å². The third-order valence-electron chi connectivity index (χ3n) is 7.14. The van der Waals surface area contributed by atoms with Gasteiger partial charge in [-0.3, -0.25) is 9.32 Å². The maximum atomic E-state index is 10.9. The molecule has 0 saturated carbocycles. The summed E-state index contributed by atoms with van der Waals surface area (Å²) in [7, 11) is -4.82. The molecule has 0 unspecified atom stereocenters. The normalized spacial score (nSPS) is 20.1. The predicted molar refractivity (Wildman–Crippen MR) is 193 cm³/mol. The number of ether oxygens (including phenoxy) is 14. The number of hydrogen-bond acceptors (Lipinski definition) is 20. The molecule has 0 aromatic carbocycles. The quantitative estimate of drug-likeness (QED) is 0.0275. The maximum Gasteiger partial charge on any atom is 0.469 e. The number of carboxylic acids is 1. The first-order chi connectivity index (χ1) is 27.6. The van der Waals surface area contributed by atoms with Gasteiger partial charge in [-0.15, -0.1) is 0 Å². The van der Waals surface area contributed by atoms with Crippen LogP contribution in [0.25, 0.3) is 0 Å². The molecule has 57 heavy (non-hydrogen) atoms. The zero-order valence-electron chi connectivity index (χ0n) is 32.5. The molecule has 0 aromatic heterocycles. The van der Waals surface area contributed by atoms with Crippen LogP contribution in [0.1, 0.15) is 6.42 Å². The van der Waals surface area contributed by atoms with Crippen LogP contribution in [0.3, 0.4) is 0 Å². The smallest absolute Gasteiger partial charge is 0.469 e. The van der Waals surface area contributed by atoms with Gasteiger partial charge >= 0.3 is 13.8 Å². The number of phosphoric ester groups is 1. The van der Waals surface area contributed by atoms with Crippen LogP contribution in [-0.2, 0) is 80.2 Å². The minimum Gasteiger partial charge on any atom is -0.481 e. The molecule has 1 aliphatic rings. The van der Waals surface area contributed by atoms with E-state index in [0.717, 1.165) is 0 Å². The van der Waals surface area contributed by atoms with Gasteiger partial charge in [0.2, 0.25) is 0 Å². The summed E-state index contributed by atoms with van der Waals surface area (Å²) in [5.74, 6) is -0.888. The van der Waals surface area contributed by atoms with Crippen LogP contribution in [0.4, 0.5) is 0 Å². The second kappa shape index (κ2) is 37.9. The number of carboxylic acid groups (broad SMARTS) is 1. The fourth-order valence-electron chi connectivity index (χ4n) is 4.27. The maximum absolute atomic E-state index is 10.9. The summed E-state index contributed by atoms with van der Waals surface area (Å²) in [6.45, 7) is 8.59. The number of aliphatic hydroxyl groups is 3. The summed E-state index contributed by atoms with van der Waals surface area (Å²) in [5.41, 5.74) is 0. The van der Waals surface area contributed by atoms with Gasteiger partial charge in [-0.25, -0.2) is 4.57 Å². The number of rotatable bonds is 43. The van der Waals surface area contributed by atoms with Crippen LogP contribution in [0.15, 0.2) is 0 Å². The van der Waals surface area contributed by atoms with Crippen LogP contribution in [0.5, 0.6) is 0 Å². The van der Waals surface area contributed by atoms with Crippen molar-refractivity contribution in [3.8, 4) is 0 Å². The predicted octanol–water partition coefficient (Wildman–Crippen LogP) is -2.41. The Labute approximate surface area is 333 Å². The highest BCUT2D eigenvalue weighted by atomic mass is 31.2. The number of hydrogen-bond donors (Lipinski definition) is 6. The van der Waals surface area contributed by atoms with Crippen LogP contribution in [0.2, 0.25) is 0 Å². The molecule has 23 nitrogen and oxygen atoms in total. The highest BCUT2D eigenvalue weighted by molar-refractivity contribution is 7.46. The molecular formula is C33H65O23P. The summed E-state index contributed by atoms with van der Waals surface area (Å²) >= 11 is 0. The minimum atomic E-state index is -4.82. The molecule has 6 N–H and O–H groups in total. The van der Waals surface area contributed by atoms with Crippen molar-refractivity contribution in [2.75, 3.05) is 172 Å². The van der Waals surface area contributed by atoms with Crippen molar-refractivity contribution in [1.82, 2.24) is 0 Å². The highest BCUT2D eigenvalue weighted by Crippen LogP contribution is 2.37. The van der Waals surface area contributed by atoms with Gasteiger partial charge in [0.15, 0.2) is 6.29 Å². The number of aliphatic hydroxyl groups excluding tert-OH is 3. The lowest BCUT2D eigenvalue weighted by Crippen LogP contribution is -2.59. The highest BCUT2D eigenvalue weighted by Gasteiger charge is 2.45. The summed E-state index contributed by atoms with van der Waals surface area (Å²) in [6, 6.07) is 0. The van der Waals surface area contributed by atoms with Crippen LogP contribution < -0.4 is 0 Å². The monoisotopic (exact) mass is 860 g/mol. The summed E-state index contributed by atoms with van der Waals surface area (Å²) < 4.78 is 90.5. The third kappa shape index (κ3) is 34.3. The lowest BCUT2D eigenvalue weighted by Gasteiger charge is -2.40. The average molecular weight is 861 g/mol. The topological polar surface area (TPSA) is 294 Å². The van der Waals surface area contributed by atoms with E-state index in [1.54, 1.807) is 0 Å². The molecule has 1 aliphatic heterocycles. The van der Waals surface area contributed by atoms with Crippen molar-refractivity contribution in [3.05, 3.63) is 0 Å². The van der Waals surface area contributed by atoms with E-state index in [1.165, 1.54) is 0 Å². The first-order valence-corrected chi connectivity index (χ1v) is 20.3. The largest absolute Gasteiger partial charge is 0.481 e. The molecule has 0 aliphatic carbocycles.